The number of nitrogens with one attached hydrogen (secondary N) is 1. The smallest absolute Gasteiger partial charge is 0.417 e. The minimum atomic E-state index is -4.63. The SMILES string of the molecule is COc1ccc(-c2ccccc2)cc1-n1c(=O)[nH]c2cc(C(F)(F)F)c(Cl)cc21. The minimum absolute atomic E-state index is 0.0268. The summed E-state index contributed by atoms with van der Waals surface area (Å²) >= 11 is 5.88. The average molecular weight is 419 g/mol. The van der Waals surface area contributed by atoms with E-state index in [1.54, 1.807) is 12.1 Å². The minimum Gasteiger partial charge on any atom is -0.495 e. The predicted molar refractivity (Wildman–Crippen MR) is 106 cm³/mol. The van der Waals surface area contributed by atoms with Crippen LogP contribution in [0.1, 0.15) is 5.56 Å². The largest absolute Gasteiger partial charge is 0.495 e. The van der Waals surface area contributed by atoms with Crippen LogP contribution in [0.25, 0.3) is 27.8 Å². The Morgan fingerprint density at radius 2 is 1.72 bits per heavy atom. The number of aromatic nitrogens is 2. The lowest BCUT2D eigenvalue weighted by atomic mass is 10.0. The quantitative estimate of drug-likeness (QED) is 0.466. The molecule has 0 atom stereocenters. The van der Waals surface area contributed by atoms with E-state index in [2.05, 4.69) is 4.98 Å². The van der Waals surface area contributed by atoms with Gasteiger partial charge in [0, 0.05) is 0 Å². The second kappa shape index (κ2) is 7.00. The monoisotopic (exact) mass is 418 g/mol. The van der Waals surface area contributed by atoms with Crippen LogP contribution in [0.3, 0.4) is 0 Å². The van der Waals surface area contributed by atoms with Crippen molar-refractivity contribution in [1.82, 2.24) is 9.55 Å². The van der Waals surface area contributed by atoms with Crippen LogP contribution < -0.4 is 10.4 Å². The van der Waals surface area contributed by atoms with Crippen molar-refractivity contribution in [1.29, 1.82) is 0 Å². The third-order valence-corrected chi connectivity index (χ3v) is 4.92. The van der Waals surface area contributed by atoms with E-state index in [-0.39, 0.29) is 11.0 Å². The van der Waals surface area contributed by atoms with E-state index in [1.165, 1.54) is 11.7 Å². The highest BCUT2D eigenvalue weighted by Crippen LogP contribution is 2.38. The number of benzene rings is 3. The number of hydrogen-bond donors (Lipinski definition) is 1. The molecule has 1 N–H and O–H groups in total. The van der Waals surface area contributed by atoms with E-state index in [1.807, 2.05) is 36.4 Å². The Morgan fingerprint density at radius 1 is 1.00 bits per heavy atom. The molecule has 1 aromatic heterocycles. The summed E-state index contributed by atoms with van der Waals surface area (Å²) in [5.41, 5.74) is 0.766. The molecular weight excluding hydrogens is 405 g/mol. The van der Waals surface area contributed by atoms with Gasteiger partial charge in [0.2, 0.25) is 0 Å². The first-order chi connectivity index (χ1) is 13.8. The van der Waals surface area contributed by atoms with Crippen molar-refractivity contribution in [2.75, 3.05) is 7.11 Å². The first-order valence-electron chi connectivity index (χ1n) is 8.55. The number of aromatic amines is 1. The molecule has 0 spiro atoms. The van der Waals surface area contributed by atoms with Crippen molar-refractivity contribution >= 4 is 22.6 Å². The van der Waals surface area contributed by atoms with Gasteiger partial charge in [0.15, 0.2) is 0 Å². The zero-order valence-electron chi connectivity index (χ0n) is 15.0. The molecule has 0 radical (unpaired) electrons. The maximum atomic E-state index is 13.2. The van der Waals surface area contributed by atoms with Gasteiger partial charge in [-0.1, -0.05) is 48.0 Å². The predicted octanol–water partition coefficient (Wildman–Crippen LogP) is 5.67. The summed E-state index contributed by atoms with van der Waals surface area (Å²) in [5, 5.41) is -0.490. The molecule has 0 aliphatic carbocycles. The maximum Gasteiger partial charge on any atom is 0.417 e. The number of halogens is 4. The summed E-state index contributed by atoms with van der Waals surface area (Å²) < 4.78 is 46.1. The fourth-order valence-corrected chi connectivity index (χ4v) is 3.52. The zero-order valence-corrected chi connectivity index (χ0v) is 15.8. The number of methoxy groups -OCH3 is 1. The number of H-pyrrole nitrogens is 1. The molecule has 148 valence electrons. The van der Waals surface area contributed by atoms with Gasteiger partial charge < -0.3 is 9.72 Å². The van der Waals surface area contributed by atoms with Gasteiger partial charge in [0.1, 0.15) is 5.75 Å². The van der Waals surface area contributed by atoms with E-state index in [4.69, 9.17) is 16.3 Å². The number of nitrogens with zero attached hydrogens (tertiary/aromatic N) is 1. The fourth-order valence-electron chi connectivity index (χ4n) is 3.26. The molecule has 0 unspecified atom stereocenters. The van der Waals surface area contributed by atoms with E-state index in [0.717, 1.165) is 23.3 Å². The molecule has 4 rings (SSSR count). The Bertz CT molecular complexity index is 1260. The normalized spacial score (nSPS) is 11.8. The lowest BCUT2D eigenvalue weighted by molar-refractivity contribution is -0.137. The third kappa shape index (κ3) is 3.38. The highest BCUT2D eigenvalue weighted by Gasteiger charge is 2.34. The topological polar surface area (TPSA) is 47.0 Å². The zero-order chi connectivity index (χ0) is 20.8. The average Bonchev–Trinajstić information content (AvgIpc) is 3.01. The van der Waals surface area contributed by atoms with Crippen LogP contribution in [-0.2, 0) is 6.18 Å². The molecule has 0 saturated heterocycles. The van der Waals surface area contributed by atoms with E-state index in [9.17, 15) is 18.0 Å². The molecule has 0 aliphatic heterocycles. The molecule has 0 amide bonds. The molecule has 3 aromatic carbocycles. The molecule has 1 heterocycles. The van der Waals surface area contributed by atoms with Crippen LogP contribution >= 0.6 is 11.6 Å². The van der Waals surface area contributed by atoms with Crippen molar-refractivity contribution in [2.45, 2.75) is 6.18 Å². The lowest BCUT2D eigenvalue weighted by Crippen LogP contribution is -2.15. The van der Waals surface area contributed by atoms with Gasteiger partial charge in [-0.3, -0.25) is 4.57 Å². The summed E-state index contributed by atoms with van der Waals surface area (Å²) in [4.78, 5) is 15.1. The second-order valence-corrected chi connectivity index (χ2v) is 6.77. The molecule has 4 aromatic rings. The van der Waals surface area contributed by atoms with Crippen LogP contribution in [0.4, 0.5) is 13.2 Å². The number of alkyl halides is 3. The number of ether oxygens (including phenoxy) is 1. The summed E-state index contributed by atoms with van der Waals surface area (Å²) in [6, 6.07) is 16.7. The van der Waals surface area contributed by atoms with E-state index >= 15 is 0 Å². The van der Waals surface area contributed by atoms with Gasteiger partial charge >= 0.3 is 11.9 Å². The summed E-state index contributed by atoms with van der Waals surface area (Å²) in [5.74, 6) is 0.392. The molecule has 0 bridgehead atoms. The number of fused-ring (bicyclic) bond motifs is 1. The third-order valence-electron chi connectivity index (χ3n) is 4.60. The van der Waals surface area contributed by atoms with Gasteiger partial charge in [-0.2, -0.15) is 13.2 Å². The van der Waals surface area contributed by atoms with Gasteiger partial charge in [-0.15, -0.1) is 0 Å². The Balaban J connectivity index is 1.98. The molecule has 0 aliphatic rings. The standard InChI is InChI=1S/C21H14ClF3N2O2/c1-29-19-8-7-13(12-5-3-2-4-6-12)9-18(19)27-17-11-15(22)14(21(23,24)25)10-16(17)26-20(27)28/h2-11H,1H3,(H,26,28). The Morgan fingerprint density at radius 3 is 2.38 bits per heavy atom. The molecular formula is C21H14ClF3N2O2. The van der Waals surface area contributed by atoms with Crippen LogP contribution in [0.5, 0.6) is 5.75 Å². The highest BCUT2D eigenvalue weighted by molar-refractivity contribution is 6.32. The van der Waals surface area contributed by atoms with Crippen molar-refractivity contribution in [3.05, 3.63) is 81.7 Å². The van der Waals surface area contributed by atoms with Gasteiger partial charge in [-0.25, -0.2) is 4.79 Å². The van der Waals surface area contributed by atoms with Gasteiger partial charge in [0.25, 0.3) is 0 Å². The van der Waals surface area contributed by atoms with E-state index < -0.39 is 22.5 Å². The molecule has 0 saturated carbocycles. The number of imidazole rings is 1. The van der Waals surface area contributed by atoms with Gasteiger partial charge in [-0.05, 0) is 35.4 Å². The highest BCUT2D eigenvalue weighted by atomic mass is 35.5. The summed E-state index contributed by atoms with van der Waals surface area (Å²) in [6.07, 6.45) is -4.63. The molecule has 4 nitrogen and oxygen atoms in total. The second-order valence-electron chi connectivity index (χ2n) is 6.37. The molecule has 8 heteroatoms. The summed E-state index contributed by atoms with van der Waals surface area (Å²) in [7, 11) is 1.45. The summed E-state index contributed by atoms with van der Waals surface area (Å²) in [6.45, 7) is 0. The van der Waals surface area contributed by atoms with Crippen molar-refractivity contribution < 1.29 is 17.9 Å². The van der Waals surface area contributed by atoms with Crippen LogP contribution in [-0.4, -0.2) is 16.7 Å². The number of hydrogen-bond acceptors (Lipinski definition) is 2. The van der Waals surface area contributed by atoms with E-state index in [0.29, 0.717) is 11.4 Å². The Hall–Kier alpha value is -3.19. The van der Waals surface area contributed by atoms with Crippen LogP contribution in [0.15, 0.2) is 65.5 Å². The fraction of sp³-hybridized carbons (Fsp3) is 0.0952. The lowest BCUT2D eigenvalue weighted by Gasteiger charge is -2.13. The molecule has 0 fully saturated rings. The maximum absolute atomic E-state index is 13.2. The van der Waals surface area contributed by atoms with Gasteiger partial charge in [0.05, 0.1) is 34.4 Å². The van der Waals surface area contributed by atoms with Crippen molar-refractivity contribution in [2.24, 2.45) is 0 Å². The van der Waals surface area contributed by atoms with Crippen molar-refractivity contribution in [3.8, 4) is 22.6 Å². The molecule has 29 heavy (non-hydrogen) atoms. The van der Waals surface area contributed by atoms with Crippen LogP contribution in [0, 0.1) is 0 Å². The van der Waals surface area contributed by atoms with Crippen molar-refractivity contribution in [3.63, 3.8) is 0 Å². The Labute approximate surface area is 168 Å². The number of rotatable bonds is 3. The first kappa shape index (κ1) is 19.1. The Kier molecular flexibility index (Phi) is 4.62. The first-order valence-corrected chi connectivity index (χ1v) is 8.92. The van der Waals surface area contributed by atoms with Crippen LogP contribution in [0.2, 0.25) is 5.02 Å².